The van der Waals surface area contributed by atoms with Crippen LogP contribution in [0.4, 0.5) is 15.9 Å². The maximum Gasteiger partial charge on any atom is 0.214 e. The number of aromatic nitrogens is 2. The van der Waals surface area contributed by atoms with Crippen LogP contribution in [-0.4, -0.2) is 22.9 Å². The van der Waals surface area contributed by atoms with Crippen LogP contribution in [-0.2, 0) is 17.8 Å². The van der Waals surface area contributed by atoms with Crippen molar-refractivity contribution in [3.63, 3.8) is 0 Å². The Balaban J connectivity index is 1.67. The first-order valence-electron chi connectivity index (χ1n) is 10.8. The lowest BCUT2D eigenvalue weighted by molar-refractivity contribution is -0.107. The second-order valence-electron chi connectivity index (χ2n) is 7.58. The number of rotatable bonds is 9. The van der Waals surface area contributed by atoms with Crippen LogP contribution in [0.5, 0.6) is 0 Å². The summed E-state index contributed by atoms with van der Waals surface area (Å²) < 4.78 is 14.1. The van der Waals surface area contributed by atoms with Gasteiger partial charge in [-0.1, -0.05) is 42.5 Å². The molecule has 0 saturated carbocycles. The fraction of sp³-hybridized carbons (Fsp3) is 0.111. The number of hydrogen-bond donors (Lipinski definition) is 1. The Morgan fingerprint density at radius 3 is 2.62 bits per heavy atom. The molecule has 0 unspecified atom stereocenters. The molecule has 1 N–H and O–H groups in total. The number of carbonyl (C=O) groups excluding carboxylic acids is 1. The van der Waals surface area contributed by atoms with E-state index in [1.807, 2.05) is 24.3 Å². The summed E-state index contributed by atoms with van der Waals surface area (Å²) >= 11 is 0. The number of nitrogens with one attached hydrogen (secondary N) is 1. The highest BCUT2D eigenvalue weighted by Gasteiger charge is 2.16. The van der Waals surface area contributed by atoms with E-state index in [1.165, 1.54) is 11.0 Å². The second kappa shape index (κ2) is 10.8. The van der Waals surface area contributed by atoms with Gasteiger partial charge < -0.3 is 10.2 Å². The molecule has 0 fully saturated rings. The molecule has 0 aliphatic rings. The monoisotopic (exact) mass is 451 g/mol. The first-order valence-corrected chi connectivity index (χ1v) is 10.8. The average Bonchev–Trinajstić information content (AvgIpc) is 2.89. The van der Waals surface area contributed by atoms with Crippen LogP contribution in [0.15, 0.2) is 85.2 Å². The Morgan fingerprint density at radius 2 is 1.85 bits per heavy atom. The Labute approximate surface area is 197 Å². The highest BCUT2D eigenvalue weighted by atomic mass is 19.1. The van der Waals surface area contributed by atoms with Crippen LogP contribution in [0, 0.1) is 17.1 Å². The van der Waals surface area contributed by atoms with Gasteiger partial charge >= 0.3 is 0 Å². The van der Waals surface area contributed by atoms with E-state index in [0.717, 1.165) is 12.0 Å². The summed E-state index contributed by atoms with van der Waals surface area (Å²) in [5, 5.41) is 12.8. The van der Waals surface area contributed by atoms with Crippen molar-refractivity contribution in [2.45, 2.75) is 13.0 Å². The first kappa shape index (κ1) is 22.6. The minimum Gasteiger partial charge on any atom is -0.368 e. The van der Waals surface area contributed by atoms with Crippen molar-refractivity contribution in [1.82, 2.24) is 9.97 Å². The molecule has 1 amide bonds. The molecule has 7 heteroatoms. The van der Waals surface area contributed by atoms with E-state index in [1.54, 1.807) is 54.9 Å². The Morgan fingerprint density at radius 1 is 1.03 bits per heavy atom. The summed E-state index contributed by atoms with van der Waals surface area (Å²) in [4.78, 5) is 22.4. The van der Waals surface area contributed by atoms with Gasteiger partial charge in [-0.2, -0.15) is 5.26 Å². The average molecular weight is 452 g/mol. The Bertz CT molecular complexity index is 1320. The molecule has 0 saturated heterocycles. The summed E-state index contributed by atoms with van der Waals surface area (Å²) in [5.41, 5.74) is 3.82. The lowest BCUT2D eigenvalue weighted by Gasteiger charge is -2.22. The van der Waals surface area contributed by atoms with Gasteiger partial charge in [0.15, 0.2) is 5.82 Å². The topological polar surface area (TPSA) is 81.9 Å². The fourth-order valence-corrected chi connectivity index (χ4v) is 3.65. The zero-order valence-corrected chi connectivity index (χ0v) is 18.4. The molecule has 6 nitrogen and oxygen atoms in total. The van der Waals surface area contributed by atoms with Gasteiger partial charge in [-0.15, -0.1) is 0 Å². The van der Waals surface area contributed by atoms with Gasteiger partial charge in [0.1, 0.15) is 5.82 Å². The number of nitriles is 1. The number of nitrogens with zero attached hydrogens (tertiary/aromatic N) is 4. The second-order valence-corrected chi connectivity index (χ2v) is 7.58. The lowest BCUT2D eigenvalue weighted by atomic mass is 10.0. The van der Waals surface area contributed by atoms with Crippen molar-refractivity contribution < 1.29 is 9.18 Å². The van der Waals surface area contributed by atoms with Crippen molar-refractivity contribution in [2.75, 3.05) is 16.8 Å². The molecule has 0 spiro atoms. The summed E-state index contributed by atoms with van der Waals surface area (Å²) in [7, 11) is 0. The van der Waals surface area contributed by atoms with Gasteiger partial charge in [-0.25, -0.2) is 9.37 Å². The molecular formula is C27H22FN5O. The fourth-order valence-electron chi connectivity index (χ4n) is 3.65. The zero-order valence-electron chi connectivity index (χ0n) is 18.4. The normalized spacial score (nSPS) is 10.4. The van der Waals surface area contributed by atoms with Crippen LogP contribution >= 0.6 is 0 Å². The Hall–Kier alpha value is -4.57. The third kappa shape index (κ3) is 5.25. The molecule has 34 heavy (non-hydrogen) atoms. The highest BCUT2D eigenvalue weighted by Crippen LogP contribution is 2.30. The number of pyridine rings is 2. The van der Waals surface area contributed by atoms with Crippen molar-refractivity contribution in [1.29, 1.82) is 5.26 Å². The largest absolute Gasteiger partial charge is 0.368 e. The lowest BCUT2D eigenvalue weighted by Crippen LogP contribution is -2.23. The van der Waals surface area contributed by atoms with Crippen LogP contribution in [0.3, 0.4) is 0 Å². The van der Waals surface area contributed by atoms with Crippen molar-refractivity contribution in [3.8, 4) is 17.3 Å². The molecule has 4 aromatic rings. The summed E-state index contributed by atoms with van der Waals surface area (Å²) in [6.07, 6.45) is 4.56. The van der Waals surface area contributed by atoms with E-state index in [4.69, 9.17) is 4.98 Å². The van der Waals surface area contributed by atoms with Crippen LogP contribution in [0.25, 0.3) is 11.3 Å². The minimum atomic E-state index is -0.264. The van der Waals surface area contributed by atoms with E-state index in [2.05, 4.69) is 16.4 Å². The molecule has 168 valence electrons. The van der Waals surface area contributed by atoms with Crippen LogP contribution < -0.4 is 10.2 Å². The number of benzene rings is 2. The van der Waals surface area contributed by atoms with E-state index in [-0.39, 0.29) is 5.82 Å². The quantitative estimate of drug-likeness (QED) is 0.363. The summed E-state index contributed by atoms with van der Waals surface area (Å²) in [5.74, 6) is 0.206. The molecule has 4 rings (SSSR count). The molecule has 2 heterocycles. The number of halogens is 1. The first-order chi connectivity index (χ1) is 16.7. The summed E-state index contributed by atoms with van der Waals surface area (Å²) in [6, 6.07) is 23.3. The van der Waals surface area contributed by atoms with E-state index in [9.17, 15) is 14.4 Å². The van der Waals surface area contributed by atoms with E-state index < -0.39 is 0 Å². The summed E-state index contributed by atoms with van der Waals surface area (Å²) in [6.45, 7) is 0.721. The smallest absolute Gasteiger partial charge is 0.214 e. The minimum absolute atomic E-state index is 0.264. The van der Waals surface area contributed by atoms with E-state index in [0.29, 0.717) is 53.4 Å². The predicted octanol–water partition coefficient (Wildman–Crippen LogP) is 4.97. The standard InChI is InChI=1S/C27H22FN5O/c28-24-10-4-2-7-21(24)13-15-31-27-26(33(19-34)18-20-6-5-14-30-17-20)12-11-25(32-27)23-9-3-1-8-22(23)16-29/h1-12,14,17,19H,13,15,18H2,(H,31,32). The van der Waals surface area contributed by atoms with Gasteiger partial charge in [-0.3, -0.25) is 9.78 Å². The highest BCUT2D eigenvalue weighted by molar-refractivity contribution is 5.83. The molecular weight excluding hydrogens is 429 g/mol. The van der Waals surface area contributed by atoms with Gasteiger partial charge in [0.2, 0.25) is 6.41 Å². The maximum atomic E-state index is 14.1. The maximum absolute atomic E-state index is 14.1. The van der Waals surface area contributed by atoms with Crippen molar-refractivity contribution in [2.24, 2.45) is 0 Å². The number of carbonyl (C=O) groups is 1. The number of hydrogen-bond acceptors (Lipinski definition) is 5. The third-order valence-electron chi connectivity index (χ3n) is 5.35. The number of anilines is 2. The van der Waals surface area contributed by atoms with Crippen LogP contribution in [0.1, 0.15) is 16.7 Å². The zero-order chi connectivity index (χ0) is 23.8. The third-order valence-corrected chi connectivity index (χ3v) is 5.35. The van der Waals surface area contributed by atoms with Crippen molar-refractivity contribution >= 4 is 17.9 Å². The number of amides is 1. The Kier molecular flexibility index (Phi) is 7.21. The molecule has 2 aromatic carbocycles. The molecule has 0 aliphatic heterocycles. The van der Waals surface area contributed by atoms with Gasteiger partial charge in [0.05, 0.1) is 29.6 Å². The predicted molar refractivity (Wildman–Crippen MR) is 129 cm³/mol. The van der Waals surface area contributed by atoms with Crippen molar-refractivity contribution in [3.05, 3.63) is 108 Å². The SMILES string of the molecule is N#Cc1ccccc1-c1ccc(N(C=O)Cc2cccnc2)c(NCCc2ccccc2F)n1. The van der Waals surface area contributed by atoms with E-state index >= 15 is 0 Å². The molecule has 0 radical (unpaired) electrons. The molecule has 0 aliphatic carbocycles. The molecule has 0 atom stereocenters. The molecule has 2 aromatic heterocycles. The van der Waals surface area contributed by atoms with Gasteiger partial charge in [-0.05, 0) is 47.9 Å². The molecule has 0 bridgehead atoms. The van der Waals surface area contributed by atoms with Crippen LogP contribution in [0.2, 0.25) is 0 Å². The van der Waals surface area contributed by atoms with Gasteiger partial charge in [0, 0.05) is 24.5 Å². The van der Waals surface area contributed by atoms with Gasteiger partial charge in [0.25, 0.3) is 0 Å².